The largest absolute Gasteiger partial charge is 0.392 e. The number of nitrogens with zero attached hydrogens (tertiary/aromatic N) is 1. The van der Waals surface area contributed by atoms with Crippen LogP contribution in [-0.4, -0.2) is 22.8 Å². The molecule has 0 spiro atoms. The van der Waals surface area contributed by atoms with Gasteiger partial charge in [0.25, 0.3) is 0 Å². The third-order valence-corrected chi connectivity index (χ3v) is 5.63. The standard InChI is InChI=1S/C14H20N2OS2/c1-10(11-6-5-9-19-11)16(2)13(17)14(12(15)18)7-3-4-8-14/h5-6,9-10H,3-4,7-8H2,1-2H3,(H2,15,18). The van der Waals surface area contributed by atoms with Crippen molar-refractivity contribution in [3.05, 3.63) is 22.4 Å². The summed E-state index contributed by atoms with van der Waals surface area (Å²) >= 11 is 6.85. The fourth-order valence-electron chi connectivity index (χ4n) is 2.78. The molecule has 104 valence electrons. The third kappa shape index (κ3) is 2.54. The van der Waals surface area contributed by atoms with E-state index in [0.29, 0.717) is 4.99 Å². The van der Waals surface area contributed by atoms with Gasteiger partial charge in [0, 0.05) is 11.9 Å². The van der Waals surface area contributed by atoms with Crippen LogP contribution >= 0.6 is 23.6 Å². The van der Waals surface area contributed by atoms with Crippen LogP contribution in [0.3, 0.4) is 0 Å². The van der Waals surface area contributed by atoms with Gasteiger partial charge in [-0.05, 0) is 31.2 Å². The molecule has 1 atom stereocenters. The molecular weight excluding hydrogens is 276 g/mol. The SMILES string of the molecule is CC(c1cccs1)N(C)C(=O)C1(C(N)=S)CCCC1. The summed E-state index contributed by atoms with van der Waals surface area (Å²) in [5, 5.41) is 2.03. The van der Waals surface area contributed by atoms with E-state index < -0.39 is 5.41 Å². The van der Waals surface area contributed by atoms with E-state index >= 15 is 0 Å². The Labute approximate surface area is 123 Å². The molecular formula is C14H20N2OS2. The van der Waals surface area contributed by atoms with Crippen LogP contribution in [0.2, 0.25) is 0 Å². The summed E-state index contributed by atoms with van der Waals surface area (Å²) in [5.74, 6) is 0.0819. The monoisotopic (exact) mass is 296 g/mol. The lowest BCUT2D eigenvalue weighted by atomic mass is 9.84. The first kappa shape index (κ1) is 14.5. The minimum Gasteiger partial charge on any atom is -0.392 e. The molecule has 2 N–H and O–H groups in total. The molecule has 1 heterocycles. The summed E-state index contributed by atoms with van der Waals surface area (Å²) in [6.07, 6.45) is 3.65. The molecule has 0 aliphatic heterocycles. The Hall–Kier alpha value is -0.940. The van der Waals surface area contributed by atoms with Crippen molar-refractivity contribution in [2.24, 2.45) is 11.1 Å². The number of thiophene rings is 1. The molecule has 3 nitrogen and oxygen atoms in total. The maximum atomic E-state index is 12.8. The molecule has 0 saturated heterocycles. The fraction of sp³-hybridized carbons (Fsp3) is 0.571. The number of thiocarbonyl (C=S) groups is 1. The van der Waals surface area contributed by atoms with Crippen LogP contribution in [0.5, 0.6) is 0 Å². The van der Waals surface area contributed by atoms with Gasteiger partial charge < -0.3 is 10.6 Å². The van der Waals surface area contributed by atoms with Crippen LogP contribution in [0.25, 0.3) is 0 Å². The first-order chi connectivity index (χ1) is 8.99. The van der Waals surface area contributed by atoms with Crippen molar-refractivity contribution in [3.8, 4) is 0 Å². The van der Waals surface area contributed by atoms with E-state index in [4.69, 9.17) is 18.0 Å². The predicted octanol–water partition coefficient (Wildman–Crippen LogP) is 3.11. The molecule has 1 saturated carbocycles. The first-order valence-electron chi connectivity index (χ1n) is 6.59. The van der Waals surface area contributed by atoms with Gasteiger partial charge >= 0.3 is 0 Å². The second-order valence-electron chi connectivity index (χ2n) is 5.26. The molecule has 1 aliphatic rings. The Kier molecular flexibility index (Phi) is 4.26. The number of amides is 1. The van der Waals surface area contributed by atoms with E-state index in [1.807, 2.05) is 25.4 Å². The lowest BCUT2D eigenvalue weighted by molar-refractivity contribution is -0.138. The topological polar surface area (TPSA) is 46.3 Å². The normalized spacial score (nSPS) is 19.1. The summed E-state index contributed by atoms with van der Waals surface area (Å²) in [6, 6.07) is 4.13. The summed E-state index contributed by atoms with van der Waals surface area (Å²) in [5.41, 5.74) is 5.28. The van der Waals surface area contributed by atoms with Crippen molar-refractivity contribution in [2.45, 2.75) is 38.6 Å². The number of carbonyl (C=O) groups excluding carboxylic acids is 1. The predicted molar refractivity (Wildman–Crippen MR) is 83.2 cm³/mol. The Morgan fingerprint density at radius 1 is 1.53 bits per heavy atom. The number of hydrogen-bond acceptors (Lipinski definition) is 3. The van der Waals surface area contributed by atoms with Crippen LogP contribution in [0.4, 0.5) is 0 Å². The Morgan fingerprint density at radius 3 is 2.63 bits per heavy atom. The highest BCUT2D eigenvalue weighted by atomic mass is 32.1. The van der Waals surface area contributed by atoms with E-state index in [1.165, 1.54) is 4.88 Å². The minimum atomic E-state index is -0.602. The third-order valence-electron chi connectivity index (χ3n) is 4.19. The summed E-state index contributed by atoms with van der Waals surface area (Å²) in [6.45, 7) is 2.05. The van der Waals surface area contributed by atoms with Crippen LogP contribution in [0, 0.1) is 5.41 Å². The zero-order valence-electron chi connectivity index (χ0n) is 11.4. The van der Waals surface area contributed by atoms with Gasteiger partial charge in [-0.25, -0.2) is 0 Å². The van der Waals surface area contributed by atoms with E-state index in [9.17, 15) is 4.79 Å². The maximum Gasteiger partial charge on any atom is 0.235 e. The number of nitrogens with two attached hydrogens (primary N) is 1. The molecule has 0 bridgehead atoms. The van der Waals surface area contributed by atoms with Gasteiger partial charge in [-0.15, -0.1) is 11.3 Å². The Morgan fingerprint density at radius 2 is 2.16 bits per heavy atom. The maximum absolute atomic E-state index is 12.8. The molecule has 1 aromatic rings. The molecule has 2 rings (SSSR count). The molecule has 1 amide bonds. The lowest BCUT2D eigenvalue weighted by Gasteiger charge is -2.34. The van der Waals surface area contributed by atoms with Crippen molar-refractivity contribution in [3.63, 3.8) is 0 Å². The van der Waals surface area contributed by atoms with Crippen molar-refractivity contribution >= 4 is 34.5 Å². The highest BCUT2D eigenvalue weighted by molar-refractivity contribution is 7.80. The Bertz CT molecular complexity index is 464. The molecule has 1 aromatic heterocycles. The van der Waals surface area contributed by atoms with Gasteiger partial charge in [-0.3, -0.25) is 4.79 Å². The second-order valence-corrected chi connectivity index (χ2v) is 6.68. The lowest BCUT2D eigenvalue weighted by Crippen LogP contribution is -2.48. The van der Waals surface area contributed by atoms with E-state index in [2.05, 4.69) is 6.07 Å². The quantitative estimate of drug-likeness (QED) is 0.868. The summed E-state index contributed by atoms with van der Waals surface area (Å²) < 4.78 is 0. The van der Waals surface area contributed by atoms with Gasteiger partial charge in [0.2, 0.25) is 5.91 Å². The number of hydrogen-bond donors (Lipinski definition) is 1. The average molecular weight is 296 g/mol. The molecule has 19 heavy (non-hydrogen) atoms. The molecule has 1 aliphatic carbocycles. The van der Waals surface area contributed by atoms with Gasteiger partial charge in [0.05, 0.1) is 16.4 Å². The fourth-order valence-corrected chi connectivity index (χ4v) is 3.90. The highest BCUT2D eigenvalue weighted by Gasteiger charge is 2.46. The first-order valence-corrected chi connectivity index (χ1v) is 7.88. The number of rotatable bonds is 4. The van der Waals surface area contributed by atoms with Gasteiger partial charge in [0.15, 0.2) is 0 Å². The van der Waals surface area contributed by atoms with Crippen LogP contribution in [0.1, 0.15) is 43.5 Å². The smallest absolute Gasteiger partial charge is 0.235 e. The van der Waals surface area contributed by atoms with Crippen LogP contribution in [0.15, 0.2) is 17.5 Å². The van der Waals surface area contributed by atoms with E-state index in [0.717, 1.165) is 25.7 Å². The van der Waals surface area contributed by atoms with Gasteiger partial charge in [0.1, 0.15) is 0 Å². The number of carbonyl (C=O) groups is 1. The van der Waals surface area contributed by atoms with Gasteiger partial charge in [-0.1, -0.05) is 31.1 Å². The average Bonchev–Trinajstić information content (AvgIpc) is 3.06. The second kappa shape index (κ2) is 5.59. The van der Waals surface area contributed by atoms with Crippen LogP contribution in [-0.2, 0) is 4.79 Å². The Balaban J connectivity index is 2.20. The van der Waals surface area contributed by atoms with Crippen molar-refractivity contribution in [2.75, 3.05) is 7.05 Å². The van der Waals surface area contributed by atoms with Gasteiger partial charge in [-0.2, -0.15) is 0 Å². The summed E-state index contributed by atoms with van der Waals surface area (Å²) in [4.78, 5) is 16.2. The highest BCUT2D eigenvalue weighted by Crippen LogP contribution is 2.41. The zero-order chi connectivity index (χ0) is 14.0. The van der Waals surface area contributed by atoms with Crippen molar-refractivity contribution in [1.29, 1.82) is 0 Å². The molecule has 5 heteroatoms. The molecule has 0 radical (unpaired) electrons. The minimum absolute atomic E-state index is 0.0688. The summed E-state index contributed by atoms with van der Waals surface area (Å²) in [7, 11) is 1.85. The van der Waals surface area contributed by atoms with E-state index in [-0.39, 0.29) is 11.9 Å². The van der Waals surface area contributed by atoms with Crippen molar-refractivity contribution < 1.29 is 4.79 Å². The molecule has 1 unspecified atom stereocenters. The van der Waals surface area contributed by atoms with Crippen molar-refractivity contribution in [1.82, 2.24) is 4.90 Å². The molecule has 0 aromatic carbocycles. The van der Waals surface area contributed by atoms with E-state index in [1.54, 1.807) is 16.2 Å². The van der Waals surface area contributed by atoms with Crippen LogP contribution < -0.4 is 5.73 Å². The molecule has 1 fully saturated rings. The zero-order valence-corrected chi connectivity index (χ0v) is 13.0.